The minimum absolute atomic E-state index is 0.301. The molecule has 0 rings (SSSR count). The molecule has 0 aromatic heterocycles. The van der Waals surface area contributed by atoms with Gasteiger partial charge in [0.15, 0.2) is 0 Å². The van der Waals surface area contributed by atoms with Crippen molar-refractivity contribution in [1.29, 1.82) is 0 Å². The predicted octanol–water partition coefficient (Wildman–Crippen LogP) is 2.25. The van der Waals surface area contributed by atoms with Crippen molar-refractivity contribution in [3.8, 4) is 0 Å². The first-order chi connectivity index (χ1) is 5.61. The molecule has 12 heavy (non-hydrogen) atoms. The standard InChI is InChI=1S/C9H16N2O/c1-7(2)8(3)6-11-9(10-4)12-5/h6-7H,4H2,1-3,5H3/b8-6+,11-9?. The monoisotopic (exact) mass is 168 g/mol. The van der Waals surface area contributed by atoms with E-state index in [1.807, 2.05) is 6.92 Å². The van der Waals surface area contributed by atoms with Crippen LogP contribution in [-0.4, -0.2) is 19.8 Å². The Kier molecular flexibility index (Phi) is 5.00. The lowest BCUT2D eigenvalue weighted by Crippen LogP contribution is -1.95. The third kappa shape index (κ3) is 3.91. The van der Waals surface area contributed by atoms with Crippen molar-refractivity contribution in [3.63, 3.8) is 0 Å². The quantitative estimate of drug-likeness (QED) is 0.460. The number of nitrogens with zero attached hydrogens (tertiary/aromatic N) is 2. The number of methoxy groups -OCH3 is 1. The first kappa shape index (κ1) is 10.9. The number of rotatable bonds is 2. The fourth-order valence-corrected chi connectivity index (χ4v) is 0.464. The van der Waals surface area contributed by atoms with Crippen LogP contribution in [0.2, 0.25) is 0 Å². The molecule has 3 nitrogen and oxygen atoms in total. The van der Waals surface area contributed by atoms with Gasteiger partial charge in [0.1, 0.15) is 0 Å². The Morgan fingerprint density at radius 1 is 1.50 bits per heavy atom. The third-order valence-electron chi connectivity index (χ3n) is 1.61. The van der Waals surface area contributed by atoms with E-state index in [4.69, 9.17) is 4.74 Å². The van der Waals surface area contributed by atoms with Gasteiger partial charge in [-0.15, -0.1) is 0 Å². The lowest BCUT2D eigenvalue weighted by Gasteiger charge is -2.01. The van der Waals surface area contributed by atoms with Crippen molar-refractivity contribution in [2.24, 2.45) is 15.9 Å². The molecule has 0 fully saturated rings. The molecule has 0 aromatic rings. The van der Waals surface area contributed by atoms with Gasteiger partial charge in [0.2, 0.25) is 0 Å². The second kappa shape index (κ2) is 5.52. The fraction of sp³-hybridized carbons (Fsp3) is 0.556. The van der Waals surface area contributed by atoms with E-state index in [-0.39, 0.29) is 0 Å². The summed E-state index contributed by atoms with van der Waals surface area (Å²) in [6.07, 6.45) is 1.75. The largest absolute Gasteiger partial charge is 0.467 e. The summed E-state index contributed by atoms with van der Waals surface area (Å²) >= 11 is 0. The first-order valence-corrected chi connectivity index (χ1v) is 3.87. The topological polar surface area (TPSA) is 34.0 Å². The Bertz CT molecular complexity index is 205. The zero-order valence-corrected chi connectivity index (χ0v) is 8.16. The lowest BCUT2D eigenvalue weighted by atomic mass is 10.1. The summed E-state index contributed by atoms with van der Waals surface area (Å²) in [6.45, 7) is 9.55. The average Bonchev–Trinajstić information content (AvgIpc) is 2.05. The van der Waals surface area contributed by atoms with E-state index in [9.17, 15) is 0 Å². The molecular formula is C9H16N2O. The molecular weight excluding hydrogens is 152 g/mol. The van der Waals surface area contributed by atoms with E-state index in [0.717, 1.165) is 0 Å². The number of aliphatic imine (C=N–C) groups is 2. The van der Waals surface area contributed by atoms with E-state index >= 15 is 0 Å². The van der Waals surface area contributed by atoms with Gasteiger partial charge in [0, 0.05) is 6.20 Å². The molecule has 0 aliphatic rings. The summed E-state index contributed by atoms with van der Waals surface area (Å²) in [6, 6.07) is 0.301. The van der Waals surface area contributed by atoms with E-state index in [0.29, 0.717) is 11.9 Å². The van der Waals surface area contributed by atoms with E-state index < -0.39 is 0 Å². The van der Waals surface area contributed by atoms with Crippen LogP contribution >= 0.6 is 0 Å². The van der Waals surface area contributed by atoms with Crippen LogP contribution in [0, 0.1) is 5.92 Å². The molecule has 0 spiro atoms. The maximum absolute atomic E-state index is 4.81. The second-order valence-electron chi connectivity index (χ2n) is 2.80. The molecule has 3 heteroatoms. The van der Waals surface area contributed by atoms with E-state index in [1.54, 1.807) is 6.20 Å². The average molecular weight is 168 g/mol. The highest BCUT2D eigenvalue weighted by Gasteiger charge is 1.95. The molecule has 0 heterocycles. The third-order valence-corrected chi connectivity index (χ3v) is 1.61. The van der Waals surface area contributed by atoms with Crippen molar-refractivity contribution < 1.29 is 4.74 Å². The molecule has 0 saturated heterocycles. The van der Waals surface area contributed by atoms with Crippen molar-refractivity contribution >= 4 is 12.7 Å². The molecule has 0 aliphatic carbocycles. The van der Waals surface area contributed by atoms with Crippen LogP contribution in [0.15, 0.2) is 21.8 Å². The molecule has 0 aromatic carbocycles. The maximum Gasteiger partial charge on any atom is 0.315 e. The Morgan fingerprint density at radius 3 is 2.42 bits per heavy atom. The van der Waals surface area contributed by atoms with Crippen LogP contribution in [0.5, 0.6) is 0 Å². The molecule has 68 valence electrons. The minimum atomic E-state index is 0.301. The van der Waals surface area contributed by atoms with Crippen molar-refractivity contribution in [2.45, 2.75) is 20.8 Å². The minimum Gasteiger partial charge on any atom is -0.467 e. The van der Waals surface area contributed by atoms with Gasteiger partial charge in [-0.3, -0.25) is 0 Å². The molecule has 0 radical (unpaired) electrons. The fourth-order valence-electron chi connectivity index (χ4n) is 0.464. The van der Waals surface area contributed by atoms with Crippen molar-refractivity contribution in [2.75, 3.05) is 7.11 Å². The van der Waals surface area contributed by atoms with Crippen molar-refractivity contribution in [1.82, 2.24) is 0 Å². The van der Waals surface area contributed by atoms with Crippen LogP contribution < -0.4 is 0 Å². The highest BCUT2D eigenvalue weighted by molar-refractivity contribution is 5.78. The van der Waals surface area contributed by atoms with Crippen LogP contribution in [-0.2, 0) is 4.74 Å². The lowest BCUT2D eigenvalue weighted by molar-refractivity contribution is 0.397. The van der Waals surface area contributed by atoms with Crippen LogP contribution in [0.1, 0.15) is 20.8 Å². The van der Waals surface area contributed by atoms with Gasteiger partial charge < -0.3 is 4.74 Å². The van der Waals surface area contributed by atoms with Gasteiger partial charge in [-0.25, -0.2) is 9.98 Å². The maximum atomic E-state index is 4.81. The van der Waals surface area contributed by atoms with Gasteiger partial charge >= 0.3 is 6.02 Å². The number of allylic oxidation sites excluding steroid dienone is 1. The number of amidine groups is 1. The Hall–Kier alpha value is -1.12. The number of hydrogen-bond acceptors (Lipinski definition) is 2. The van der Waals surface area contributed by atoms with Crippen LogP contribution in [0.25, 0.3) is 0 Å². The zero-order chi connectivity index (χ0) is 9.56. The Balaban J connectivity index is 4.34. The molecule has 0 atom stereocenters. The smallest absolute Gasteiger partial charge is 0.315 e. The summed E-state index contributed by atoms with van der Waals surface area (Å²) in [5, 5.41) is 0. The zero-order valence-electron chi connectivity index (χ0n) is 8.16. The molecule has 0 aliphatic heterocycles. The highest BCUT2D eigenvalue weighted by atomic mass is 16.5. The summed E-state index contributed by atoms with van der Waals surface area (Å²) < 4.78 is 4.81. The summed E-state index contributed by atoms with van der Waals surface area (Å²) in [5.41, 5.74) is 1.19. The van der Waals surface area contributed by atoms with Crippen LogP contribution in [0.4, 0.5) is 0 Å². The number of hydrogen-bond donors (Lipinski definition) is 0. The van der Waals surface area contributed by atoms with Gasteiger partial charge in [0.05, 0.1) is 7.11 Å². The van der Waals surface area contributed by atoms with Crippen molar-refractivity contribution in [3.05, 3.63) is 11.8 Å². The summed E-state index contributed by atoms with van der Waals surface area (Å²) in [4.78, 5) is 7.56. The van der Waals surface area contributed by atoms with Crippen LogP contribution in [0.3, 0.4) is 0 Å². The second-order valence-corrected chi connectivity index (χ2v) is 2.80. The number of ether oxygens (including phenoxy) is 1. The Labute approximate surface area is 73.9 Å². The van der Waals surface area contributed by atoms with E-state index in [2.05, 4.69) is 30.5 Å². The highest BCUT2D eigenvalue weighted by Crippen LogP contribution is 2.07. The van der Waals surface area contributed by atoms with Gasteiger partial charge in [0.25, 0.3) is 0 Å². The Morgan fingerprint density at radius 2 is 2.08 bits per heavy atom. The predicted molar refractivity (Wildman–Crippen MR) is 52.6 cm³/mol. The molecule has 0 saturated carbocycles. The van der Waals surface area contributed by atoms with Gasteiger partial charge in [-0.05, 0) is 19.6 Å². The SMILES string of the molecule is C=NC(=N/C=C(\C)C(C)C)OC. The summed E-state index contributed by atoms with van der Waals surface area (Å²) in [7, 11) is 1.52. The van der Waals surface area contributed by atoms with Gasteiger partial charge in [-0.2, -0.15) is 0 Å². The van der Waals surface area contributed by atoms with E-state index in [1.165, 1.54) is 12.7 Å². The van der Waals surface area contributed by atoms with Gasteiger partial charge in [-0.1, -0.05) is 19.4 Å². The summed E-state index contributed by atoms with van der Waals surface area (Å²) in [5.74, 6) is 0.497. The molecule has 0 bridgehead atoms. The first-order valence-electron chi connectivity index (χ1n) is 3.87. The normalized spacial score (nSPS) is 13.4. The molecule has 0 N–H and O–H groups in total. The molecule has 0 amide bonds. The molecule has 0 unspecified atom stereocenters.